The third-order valence-corrected chi connectivity index (χ3v) is 3.64. The summed E-state index contributed by atoms with van der Waals surface area (Å²) in [7, 11) is 0. The van der Waals surface area contributed by atoms with E-state index in [0.29, 0.717) is 0 Å². The molecule has 0 aliphatic carbocycles. The van der Waals surface area contributed by atoms with Gasteiger partial charge in [0.1, 0.15) is 5.82 Å². The Kier molecular flexibility index (Phi) is 5.03. The fourth-order valence-electron chi connectivity index (χ4n) is 2.35. The Balaban J connectivity index is 1.79. The second-order valence-electron chi connectivity index (χ2n) is 5.87. The number of carbonyl (C=O) groups excluding carboxylic acids is 1. The lowest BCUT2D eigenvalue weighted by Crippen LogP contribution is -2.11. The van der Waals surface area contributed by atoms with Gasteiger partial charge in [-0.25, -0.2) is 4.52 Å². The zero-order valence-electron chi connectivity index (χ0n) is 14.5. The normalized spacial score (nSPS) is 12.7. The van der Waals surface area contributed by atoms with Crippen LogP contribution < -0.4 is 5.32 Å². The number of carbonyl (C=O) groups is 1. The van der Waals surface area contributed by atoms with Crippen molar-refractivity contribution in [1.82, 2.24) is 19.6 Å². The number of fused-ring (bicyclic) bond motifs is 1. The van der Waals surface area contributed by atoms with Crippen molar-refractivity contribution in [2.45, 2.75) is 19.3 Å². The first-order chi connectivity index (χ1) is 13.4. The van der Waals surface area contributed by atoms with Crippen LogP contribution in [-0.4, -0.2) is 25.5 Å². The first-order valence-electron chi connectivity index (χ1n) is 7.91. The summed E-state index contributed by atoms with van der Waals surface area (Å²) in [5, 5.41) is 5.62. The van der Waals surface area contributed by atoms with Gasteiger partial charge in [0, 0.05) is 17.8 Å². The van der Waals surface area contributed by atoms with Crippen molar-refractivity contribution in [2.75, 3.05) is 5.32 Å². The zero-order chi connectivity index (χ0) is 21.4. The van der Waals surface area contributed by atoms with Crippen LogP contribution in [0.4, 0.5) is 32.2 Å². The van der Waals surface area contributed by atoms with E-state index < -0.39 is 29.6 Å². The highest BCUT2D eigenvalue weighted by Gasteiger charge is 2.36. The molecule has 3 aromatic rings. The van der Waals surface area contributed by atoms with E-state index in [9.17, 15) is 31.1 Å². The predicted octanol–water partition coefficient (Wildman–Crippen LogP) is 4.12. The van der Waals surface area contributed by atoms with Crippen LogP contribution in [0.25, 0.3) is 11.9 Å². The van der Waals surface area contributed by atoms with Gasteiger partial charge in [0.05, 0.1) is 5.56 Å². The average Bonchev–Trinajstić information content (AvgIpc) is 3.05. The molecule has 12 heteroatoms. The summed E-state index contributed by atoms with van der Waals surface area (Å²) >= 11 is 0. The molecule has 3 rings (SSSR count). The second-order valence-corrected chi connectivity index (χ2v) is 5.87. The van der Waals surface area contributed by atoms with E-state index in [1.807, 2.05) is 0 Å². The molecule has 0 spiro atoms. The minimum atomic E-state index is -4.75. The van der Waals surface area contributed by atoms with Crippen molar-refractivity contribution in [3.05, 3.63) is 59.1 Å². The highest BCUT2D eigenvalue weighted by atomic mass is 19.4. The van der Waals surface area contributed by atoms with Gasteiger partial charge >= 0.3 is 12.4 Å². The molecular weight excluding hydrogens is 404 g/mol. The number of nitrogens with one attached hydrogen (secondary N) is 1. The van der Waals surface area contributed by atoms with Crippen LogP contribution in [0.2, 0.25) is 0 Å². The van der Waals surface area contributed by atoms with Gasteiger partial charge < -0.3 is 5.32 Å². The number of halogens is 6. The number of hydrogen-bond acceptors (Lipinski definition) is 4. The minimum Gasteiger partial charge on any atom is -0.307 e. The lowest BCUT2D eigenvalue weighted by atomic mass is 10.1. The van der Waals surface area contributed by atoms with Crippen LogP contribution in [0.15, 0.2) is 36.4 Å². The molecule has 0 aliphatic rings. The number of rotatable bonds is 3. The summed E-state index contributed by atoms with van der Waals surface area (Å²) in [6.07, 6.45) is -7.13. The number of amides is 1. The lowest BCUT2D eigenvalue weighted by Gasteiger charge is -2.06. The predicted molar refractivity (Wildman–Crippen MR) is 89.6 cm³/mol. The van der Waals surface area contributed by atoms with E-state index in [2.05, 4.69) is 20.4 Å². The zero-order valence-corrected chi connectivity index (χ0v) is 14.5. The molecular formula is C17H11F6N5O. The average molecular weight is 415 g/mol. The van der Waals surface area contributed by atoms with Gasteiger partial charge in [0.2, 0.25) is 5.91 Å². The van der Waals surface area contributed by atoms with E-state index in [1.165, 1.54) is 25.1 Å². The van der Waals surface area contributed by atoms with Gasteiger partial charge in [-0.2, -0.15) is 36.3 Å². The molecule has 0 bridgehead atoms. The number of aryl methyl sites for hydroxylation is 1. The molecule has 6 nitrogen and oxygen atoms in total. The van der Waals surface area contributed by atoms with Crippen molar-refractivity contribution in [1.29, 1.82) is 0 Å². The number of alkyl halides is 6. The number of aromatic nitrogens is 4. The first-order valence-corrected chi connectivity index (χ1v) is 7.91. The van der Waals surface area contributed by atoms with Crippen LogP contribution >= 0.6 is 0 Å². The maximum absolute atomic E-state index is 12.7. The fraction of sp³-hybridized carbons (Fsp3) is 0.176. The summed E-state index contributed by atoms with van der Waals surface area (Å²) in [5.74, 6) is -2.57. The monoisotopic (exact) mass is 415 g/mol. The molecule has 0 atom stereocenters. The van der Waals surface area contributed by atoms with Crippen LogP contribution in [-0.2, 0) is 17.1 Å². The van der Waals surface area contributed by atoms with Crippen LogP contribution in [0.3, 0.4) is 0 Å². The van der Waals surface area contributed by atoms with Crippen molar-refractivity contribution in [2.24, 2.45) is 0 Å². The van der Waals surface area contributed by atoms with Crippen LogP contribution in [0.5, 0.6) is 0 Å². The largest absolute Gasteiger partial charge is 0.453 e. The Morgan fingerprint density at radius 3 is 2.45 bits per heavy atom. The number of hydrogen-bond donors (Lipinski definition) is 1. The number of nitrogens with zero attached hydrogens (tertiary/aromatic N) is 4. The highest BCUT2D eigenvalue weighted by Crippen LogP contribution is 2.30. The number of anilines is 1. The molecule has 1 aromatic carbocycles. The molecule has 0 saturated carbocycles. The summed E-state index contributed by atoms with van der Waals surface area (Å²) in [5.41, 5.74) is -0.493. The van der Waals surface area contributed by atoms with Crippen LogP contribution in [0.1, 0.15) is 22.6 Å². The Morgan fingerprint density at radius 2 is 1.79 bits per heavy atom. The molecule has 0 aliphatic heterocycles. The smallest absolute Gasteiger partial charge is 0.307 e. The summed E-state index contributed by atoms with van der Waals surface area (Å²) < 4.78 is 77.1. The maximum atomic E-state index is 12.7. The first kappa shape index (κ1) is 20.3. The van der Waals surface area contributed by atoms with Gasteiger partial charge in [-0.3, -0.25) is 4.79 Å². The molecule has 29 heavy (non-hydrogen) atoms. The Hall–Kier alpha value is -3.44. The van der Waals surface area contributed by atoms with E-state index >= 15 is 0 Å². The molecule has 152 valence electrons. The van der Waals surface area contributed by atoms with Crippen LogP contribution in [0, 0.1) is 6.92 Å². The van der Waals surface area contributed by atoms with Gasteiger partial charge in [0.25, 0.3) is 11.6 Å². The maximum Gasteiger partial charge on any atom is 0.453 e. The summed E-state index contributed by atoms with van der Waals surface area (Å²) in [6.45, 7) is 1.44. The third kappa shape index (κ3) is 4.70. The van der Waals surface area contributed by atoms with E-state index in [4.69, 9.17) is 0 Å². The fourth-order valence-corrected chi connectivity index (χ4v) is 2.35. The molecule has 2 aromatic heterocycles. The summed E-state index contributed by atoms with van der Waals surface area (Å²) in [6, 6.07) is 5.61. The Bertz CT molecular complexity index is 1100. The van der Waals surface area contributed by atoms with Crippen molar-refractivity contribution < 1.29 is 31.1 Å². The molecule has 1 amide bonds. The second kappa shape index (κ2) is 7.18. The van der Waals surface area contributed by atoms with E-state index in [-0.39, 0.29) is 22.9 Å². The van der Waals surface area contributed by atoms with Gasteiger partial charge in [-0.15, -0.1) is 5.10 Å². The number of benzene rings is 1. The van der Waals surface area contributed by atoms with Crippen molar-refractivity contribution in [3.63, 3.8) is 0 Å². The Labute approximate surface area is 158 Å². The third-order valence-electron chi connectivity index (χ3n) is 3.64. The topological polar surface area (TPSA) is 72.2 Å². The highest BCUT2D eigenvalue weighted by molar-refractivity contribution is 6.01. The molecule has 0 saturated heterocycles. The molecule has 1 N–H and O–H groups in total. The van der Waals surface area contributed by atoms with Gasteiger partial charge in [0.15, 0.2) is 0 Å². The quantitative estimate of drug-likeness (QED) is 0.516. The van der Waals surface area contributed by atoms with Crippen molar-refractivity contribution >= 4 is 23.6 Å². The van der Waals surface area contributed by atoms with Gasteiger partial charge in [-0.05, 0) is 30.7 Å². The molecule has 0 fully saturated rings. The van der Waals surface area contributed by atoms with E-state index in [1.54, 1.807) is 0 Å². The minimum absolute atomic E-state index is 0.0881. The SMILES string of the molecule is Cc1cc(NC(=O)/C=C/c2cccc(C(F)(F)F)c2)nc2nc(C(F)(F)F)nn12. The molecule has 2 heterocycles. The van der Waals surface area contributed by atoms with E-state index in [0.717, 1.165) is 28.8 Å². The Morgan fingerprint density at radius 1 is 1.07 bits per heavy atom. The van der Waals surface area contributed by atoms with Gasteiger partial charge in [-0.1, -0.05) is 12.1 Å². The standard InChI is InChI=1S/C17H11F6N5O/c1-9-7-12(25-15-26-14(17(21,22)23)27-28(9)15)24-13(29)6-5-10-3-2-4-11(8-10)16(18,19)20/h2-8H,1H3,(H,24,25,26,27,29)/b6-5+. The molecule has 0 radical (unpaired) electrons. The van der Waals surface area contributed by atoms with Crippen molar-refractivity contribution in [3.8, 4) is 0 Å². The lowest BCUT2D eigenvalue weighted by molar-refractivity contribution is -0.144. The molecule has 0 unspecified atom stereocenters. The summed E-state index contributed by atoms with van der Waals surface area (Å²) in [4.78, 5) is 19.1.